The maximum Gasteiger partial charge on any atom is 0.329 e. The number of aromatic amines is 1. The Balaban J connectivity index is 1.59. The number of para-hydroxylation sites is 1. The lowest BCUT2D eigenvalue weighted by atomic mass is 10.0. The summed E-state index contributed by atoms with van der Waals surface area (Å²) in [5.74, 6) is -1.54. The van der Waals surface area contributed by atoms with Gasteiger partial charge in [-0.15, -0.1) is 0 Å². The molecule has 4 aromatic rings. The standard InChI is InChI=1S/C26H23FN4O4/c1-30(19-13-11-18(27)12-14-19)25(34)22(15-17-7-3-2-4-8-17)28-23(32)16-31-24(33)20-9-5-6-10-21(20)29-26(31)35/h2-14,22H,15-16H2,1H3,(H,28,32)(H,29,35)/t22-/m0/s1. The molecule has 0 bridgehead atoms. The number of benzene rings is 3. The van der Waals surface area contributed by atoms with E-state index < -0.39 is 41.5 Å². The van der Waals surface area contributed by atoms with Gasteiger partial charge in [-0.2, -0.15) is 0 Å². The zero-order chi connectivity index (χ0) is 24.9. The lowest BCUT2D eigenvalue weighted by Crippen LogP contribution is -2.51. The predicted octanol–water partition coefficient (Wildman–Crippen LogP) is 2.22. The number of amides is 2. The largest absolute Gasteiger partial charge is 0.342 e. The van der Waals surface area contributed by atoms with E-state index >= 15 is 0 Å². The van der Waals surface area contributed by atoms with Crippen molar-refractivity contribution in [3.05, 3.63) is 111 Å². The van der Waals surface area contributed by atoms with Crippen LogP contribution < -0.4 is 21.5 Å². The smallest absolute Gasteiger partial charge is 0.329 e. The molecule has 0 saturated heterocycles. The van der Waals surface area contributed by atoms with E-state index in [1.807, 2.05) is 30.3 Å². The molecular formula is C26H23FN4O4. The Hall–Kier alpha value is -4.53. The van der Waals surface area contributed by atoms with Crippen molar-refractivity contribution in [1.29, 1.82) is 0 Å². The van der Waals surface area contributed by atoms with Gasteiger partial charge < -0.3 is 15.2 Å². The lowest BCUT2D eigenvalue weighted by molar-refractivity contribution is -0.127. The molecule has 0 fully saturated rings. The Labute approximate surface area is 199 Å². The Kier molecular flexibility index (Phi) is 6.86. The molecule has 2 N–H and O–H groups in total. The Morgan fingerprint density at radius 1 is 0.971 bits per heavy atom. The summed E-state index contributed by atoms with van der Waals surface area (Å²) >= 11 is 0. The van der Waals surface area contributed by atoms with Crippen molar-refractivity contribution in [3.8, 4) is 0 Å². The van der Waals surface area contributed by atoms with E-state index in [9.17, 15) is 23.6 Å². The van der Waals surface area contributed by atoms with E-state index in [0.29, 0.717) is 11.2 Å². The van der Waals surface area contributed by atoms with Gasteiger partial charge >= 0.3 is 5.69 Å². The molecule has 178 valence electrons. The van der Waals surface area contributed by atoms with Crippen LogP contribution in [0.1, 0.15) is 5.56 Å². The summed E-state index contributed by atoms with van der Waals surface area (Å²) < 4.78 is 14.1. The lowest BCUT2D eigenvalue weighted by Gasteiger charge is -2.25. The van der Waals surface area contributed by atoms with Crippen molar-refractivity contribution >= 4 is 28.4 Å². The van der Waals surface area contributed by atoms with Gasteiger partial charge in [0.15, 0.2) is 0 Å². The molecule has 0 saturated carbocycles. The third kappa shape index (κ3) is 5.35. The zero-order valence-electron chi connectivity index (χ0n) is 18.9. The topological polar surface area (TPSA) is 104 Å². The van der Waals surface area contributed by atoms with Crippen molar-refractivity contribution in [2.45, 2.75) is 19.0 Å². The number of likely N-dealkylation sites (N-methyl/N-ethyl adjacent to an activating group) is 1. The number of H-pyrrole nitrogens is 1. The second-order valence-electron chi connectivity index (χ2n) is 8.05. The third-order valence-corrected chi connectivity index (χ3v) is 5.65. The fourth-order valence-corrected chi connectivity index (χ4v) is 3.80. The highest BCUT2D eigenvalue weighted by molar-refractivity contribution is 5.99. The van der Waals surface area contributed by atoms with Gasteiger partial charge in [-0.3, -0.25) is 19.0 Å². The van der Waals surface area contributed by atoms with E-state index in [-0.39, 0.29) is 11.8 Å². The summed E-state index contributed by atoms with van der Waals surface area (Å²) in [7, 11) is 1.53. The minimum Gasteiger partial charge on any atom is -0.342 e. The molecule has 35 heavy (non-hydrogen) atoms. The van der Waals surface area contributed by atoms with E-state index in [4.69, 9.17) is 0 Å². The van der Waals surface area contributed by atoms with E-state index in [2.05, 4.69) is 10.3 Å². The Morgan fingerprint density at radius 3 is 2.34 bits per heavy atom. The van der Waals surface area contributed by atoms with Crippen LogP contribution in [0.5, 0.6) is 0 Å². The van der Waals surface area contributed by atoms with Gasteiger partial charge in [0.05, 0.1) is 10.9 Å². The highest BCUT2D eigenvalue weighted by Crippen LogP contribution is 2.16. The summed E-state index contributed by atoms with van der Waals surface area (Å²) in [6, 6.07) is 20.0. The molecule has 0 aliphatic heterocycles. The molecule has 8 nitrogen and oxygen atoms in total. The highest BCUT2D eigenvalue weighted by Gasteiger charge is 2.26. The first-order chi connectivity index (χ1) is 16.8. The van der Waals surface area contributed by atoms with Crippen LogP contribution in [0.3, 0.4) is 0 Å². The van der Waals surface area contributed by atoms with Crippen LogP contribution in [0, 0.1) is 5.82 Å². The molecule has 0 aliphatic rings. The number of carbonyl (C=O) groups is 2. The van der Waals surface area contributed by atoms with Crippen LogP contribution >= 0.6 is 0 Å². The molecule has 4 rings (SSSR count). The second kappa shape index (κ2) is 10.2. The predicted molar refractivity (Wildman–Crippen MR) is 131 cm³/mol. The van der Waals surface area contributed by atoms with Gasteiger partial charge in [0, 0.05) is 19.2 Å². The number of rotatable bonds is 7. The number of hydrogen-bond acceptors (Lipinski definition) is 4. The number of hydrogen-bond donors (Lipinski definition) is 2. The maximum absolute atomic E-state index is 13.3. The van der Waals surface area contributed by atoms with E-state index in [0.717, 1.165) is 10.1 Å². The average molecular weight is 474 g/mol. The fraction of sp³-hybridized carbons (Fsp3) is 0.154. The minimum absolute atomic E-state index is 0.180. The van der Waals surface area contributed by atoms with Crippen LogP contribution in [0.25, 0.3) is 10.9 Å². The molecule has 0 spiro atoms. The second-order valence-corrected chi connectivity index (χ2v) is 8.05. The number of anilines is 1. The van der Waals surface area contributed by atoms with Crippen LogP contribution in [0.4, 0.5) is 10.1 Å². The van der Waals surface area contributed by atoms with Crippen molar-refractivity contribution in [1.82, 2.24) is 14.9 Å². The highest BCUT2D eigenvalue weighted by atomic mass is 19.1. The molecule has 1 aromatic heterocycles. The zero-order valence-corrected chi connectivity index (χ0v) is 18.9. The SMILES string of the molecule is CN(C(=O)[C@H](Cc1ccccc1)NC(=O)Cn1c(=O)[nH]c2ccccc2c1=O)c1ccc(F)cc1. The van der Waals surface area contributed by atoms with Gasteiger partial charge in [0.25, 0.3) is 5.56 Å². The first kappa shape index (κ1) is 23.6. The molecule has 0 aliphatic carbocycles. The quantitative estimate of drug-likeness (QED) is 0.429. The number of fused-ring (bicyclic) bond motifs is 1. The van der Waals surface area contributed by atoms with Crippen LogP contribution in [0.2, 0.25) is 0 Å². The molecular weight excluding hydrogens is 451 g/mol. The summed E-state index contributed by atoms with van der Waals surface area (Å²) in [4.78, 5) is 55.4. The van der Waals surface area contributed by atoms with Crippen molar-refractivity contribution < 1.29 is 14.0 Å². The molecule has 2 amide bonds. The van der Waals surface area contributed by atoms with Crippen LogP contribution in [0.15, 0.2) is 88.5 Å². The van der Waals surface area contributed by atoms with Crippen LogP contribution in [-0.2, 0) is 22.6 Å². The number of nitrogens with one attached hydrogen (secondary N) is 2. The summed E-state index contributed by atoms with van der Waals surface area (Å²) in [5.41, 5.74) is 0.301. The number of nitrogens with zero attached hydrogens (tertiary/aromatic N) is 2. The monoisotopic (exact) mass is 474 g/mol. The van der Waals surface area contributed by atoms with Gasteiger partial charge in [0.1, 0.15) is 18.4 Å². The van der Waals surface area contributed by atoms with Gasteiger partial charge in [-0.05, 0) is 42.0 Å². The van der Waals surface area contributed by atoms with Gasteiger partial charge in [0.2, 0.25) is 11.8 Å². The van der Waals surface area contributed by atoms with Gasteiger partial charge in [-0.1, -0.05) is 42.5 Å². The summed E-state index contributed by atoms with van der Waals surface area (Å²) in [6.07, 6.45) is 0.180. The summed E-state index contributed by atoms with van der Waals surface area (Å²) in [6.45, 7) is -0.558. The molecule has 1 atom stereocenters. The molecule has 1 heterocycles. The number of aromatic nitrogens is 2. The average Bonchev–Trinajstić information content (AvgIpc) is 2.86. The van der Waals surface area contributed by atoms with E-state index in [1.54, 1.807) is 24.3 Å². The van der Waals surface area contributed by atoms with Gasteiger partial charge in [-0.25, -0.2) is 9.18 Å². The molecule has 0 unspecified atom stereocenters. The maximum atomic E-state index is 13.3. The minimum atomic E-state index is -0.991. The van der Waals surface area contributed by atoms with Crippen LogP contribution in [-0.4, -0.2) is 34.5 Å². The molecule has 3 aromatic carbocycles. The van der Waals surface area contributed by atoms with E-state index in [1.165, 1.54) is 36.2 Å². The number of carbonyl (C=O) groups excluding carboxylic acids is 2. The fourth-order valence-electron chi connectivity index (χ4n) is 3.80. The van der Waals surface area contributed by atoms with Crippen molar-refractivity contribution in [2.24, 2.45) is 0 Å². The Bertz CT molecular complexity index is 1480. The number of halogens is 1. The third-order valence-electron chi connectivity index (χ3n) is 5.65. The first-order valence-electron chi connectivity index (χ1n) is 10.9. The Morgan fingerprint density at radius 2 is 1.63 bits per heavy atom. The first-order valence-corrected chi connectivity index (χ1v) is 10.9. The normalized spacial score (nSPS) is 11.7. The van der Waals surface area contributed by atoms with Crippen molar-refractivity contribution in [2.75, 3.05) is 11.9 Å². The molecule has 9 heteroatoms. The molecule has 0 radical (unpaired) electrons. The van der Waals surface area contributed by atoms with Crippen molar-refractivity contribution in [3.63, 3.8) is 0 Å². The summed E-state index contributed by atoms with van der Waals surface area (Å²) in [5, 5.41) is 2.93.